The highest BCUT2D eigenvalue weighted by atomic mass is 79.9. The van der Waals surface area contributed by atoms with Gasteiger partial charge in [-0.1, -0.05) is 27.3 Å². The van der Waals surface area contributed by atoms with Crippen molar-refractivity contribution in [3.63, 3.8) is 0 Å². The van der Waals surface area contributed by atoms with Crippen LogP contribution in [0.15, 0.2) is 37.9 Å². The van der Waals surface area contributed by atoms with Crippen molar-refractivity contribution in [2.75, 3.05) is 35.2 Å². The maximum atomic E-state index is 12.9. The van der Waals surface area contributed by atoms with Gasteiger partial charge in [-0.3, -0.25) is 4.79 Å². The number of rotatable bonds is 3. The van der Waals surface area contributed by atoms with Gasteiger partial charge < -0.3 is 15.1 Å². The number of anilines is 2. The van der Waals surface area contributed by atoms with E-state index >= 15 is 0 Å². The quantitative estimate of drug-likeness (QED) is 0.482. The van der Waals surface area contributed by atoms with Crippen molar-refractivity contribution in [2.24, 2.45) is 0 Å². The van der Waals surface area contributed by atoms with Crippen LogP contribution in [0.2, 0.25) is 0 Å². The van der Waals surface area contributed by atoms with E-state index in [0.29, 0.717) is 11.0 Å². The summed E-state index contributed by atoms with van der Waals surface area (Å²) in [4.78, 5) is 31.9. The van der Waals surface area contributed by atoms with Gasteiger partial charge in [0.05, 0.1) is 0 Å². The second-order valence-corrected chi connectivity index (χ2v) is 8.89. The number of hydrogen-bond acceptors (Lipinski definition) is 8. The molecule has 1 aliphatic rings. The molecule has 3 heterocycles. The smallest absolute Gasteiger partial charge is 0.347 e. The predicted molar refractivity (Wildman–Crippen MR) is 110 cm³/mol. The van der Waals surface area contributed by atoms with Crippen molar-refractivity contribution in [3.8, 4) is 0 Å². The number of benzene rings is 1. The van der Waals surface area contributed by atoms with Crippen LogP contribution in [0.5, 0.6) is 0 Å². The third kappa shape index (κ3) is 3.26. The van der Waals surface area contributed by atoms with Gasteiger partial charge in [0, 0.05) is 34.5 Å². The minimum Gasteiger partial charge on any atom is -0.422 e. The lowest BCUT2D eigenvalue weighted by atomic mass is 10.1. The van der Waals surface area contributed by atoms with E-state index in [0.717, 1.165) is 34.2 Å². The number of carbonyl (C=O) groups is 1. The fourth-order valence-electron chi connectivity index (χ4n) is 2.75. The summed E-state index contributed by atoms with van der Waals surface area (Å²) in [6.45, 7) is 1.74. The van der Waals surface area contributed by atoms with Crippen molar-refractivity contribution in [3.05, 3.63) is 49.6 Å². The average Bonchev–Trinajstić information content (AvgIpc) is 3.03. The number of nitrogens with two attached hydrogens (primary N) is 1. The Hall–Kier alpha value is -1.84. The minimum absolute atomic E-state index is 0.0355. The van der Waals surface area contributed by atoms with Crippen LogP contribution in [0.4, 0.5) is 10.9 Å². The summed E-state index contributed by atoms with van der Waals surface area (Å²) < 4.78 is 6.12. The molecular formula is C17H14BrN3O3S2. The lowest BCUT2D eigenvalue weighted by Crippen LogP contribution is -2.32. The van der Waals surface area contributed by atoms with Gasteiger partial charge in [0.2, 0.25) is 5.78 Å². The van der Waals surface area contributed by atoms with Crippen LogP contribution in [-0.2, 0) is 0 Å². The first kappa shape index (κ1) is 17.6. The average molecular weight is 452 g/mol. The number of hydrogen-bond donors (Lipinski definition) is 1. The molecule has 2 aromatic heterocycles. The van der Waals surface area contributed by atoms with E-state index in [1.807, 2.05) is 11.8 Å². The molecule has 134 valence electrons. The first-order valence-corrected chi connectivity index (χ1v) is 10.7. The normalized spacial score (nSPS) is 14.7. The molecule has 0 radical (unpaired) electrons. The highest BCUT2D eigenvalue weighted by Crippen LogP contribution is 2.31. The van der Waals surface area contributed by atoms with E-state index in [1.165, 1.54) is 11.3 Å². The fraction of sp³-hybridized carbons (Fsp3) is 0.235. The standard InChI is InChI=1S/C17H14BrN3O3S2/c18-10-1-2-12-9(7-10)8-11(16(23)24-12)13(22)14-15(19)20-17(26-14)21-3-5-25-6-4-21/h1-2,7-8H,3-6,19H2. The zero-order chi connectivity index (χ0) is 18.3. The first-order valence-electron chi connectivity index (χ1n) is 7.90. The SMILES string of the molecule is Nc1nc(N2CCSCC2)sc1C(=O)c1cc2cc(Br)ccc2oc1=O. The summed E-state index contributed by atoms with van der Waals surface area (Å²) in [6.07, 6.45) is 0. The Balaban J connectivity index is 1.73. The molecule has 1 aromatic carbocycles. The molecule has 1 aliphatic heterocycles. The van der Waals surface area contributed by atoms with Gasteiger partial charge in [-0.2, -0.15) is 11.8 Å². The van der Waals surface area contributed by atoms with Crippen LogP contribution in [0.3, 0.4) is 0 Å². The highest BCUT2D eigenvalue weighted by Gasteiger charge is 2.24. The van der Waals surface area contributed by atoms with Gasteiger partial charge in [0.15, 0.2) is 5.13 Å². The van der Waals surface area contributed by atoms with Crippen LogP contribution in [-0.4, -0.2) is 35.4 Å². The lowest BCUT2D eigenvalue weighted by molar-refractivity contribution is 0.104. The van der Waals surface area contributed by atoms with Gasteiger partial charge in [0.25, 0.3) is 0 Å². The summed E-state index contributed by atoms with van der Waals surface area (Å²) in [7, 11) is 0. The molecule has 3 aromatic rings. The van der Waals surface area contributed by atoms with Gasteiger partial charge in [-0.05, 0) is 24.3 Å². The number of ketones is 1. The van der Waals surface area contributed by atoms with Crippen LogP contribution < -0.4 is 16.3 Å². The van der Waals surface area contributed by atoms with Crippen molar-refractivity contribution < 1.29 is 9.21 Å². The molecular weight excluding hydrogens is 438 g/mol. The molecule has 0 atom stereocenters. The van der Waals surface area contributed by atoms with E-state index in [2.05, 4.69) is 25.8 Å². The molecule has 1 fully saturated rings. The van der Waals surface area contributed by atoms with E-state index in [9.17, 15) is 9.59 Å². The Labute approximate surface area is 165 Å². The second-order valence-electron chi connectivity index (χ2n) is 5.77. The number of halogens is 1. The second kappa shape index (κ2) is 7.05. The van der Waals surface area contributed by atoms with Gasteiger partial charge >= 0.3 is 5.63 Å². The number of fused-ring (bicyclic) bond motifs is 1. The summed E-state index contributed by atoms with van der Waals surface area (Å²) in [5, 5.41) is 1.39. The number of thiazole rings is 1. The molecule has 2 N–H and O–H groups in total. The molecule has 6 nitrogen and oxygen atoms in total. The van der Waals surface area contributed by atoms with E-state index in [4.69, 9.17) is 10.2 Å². The fourth-order valence-corrected chi connectivity index (χ4v) is 5.02. The van der Waals surface area contributed by atoms with Crippen molar-refractivity contribution >= 4 is 66.7 Å². The number of carbonyl (C=O) groups excluding carboxylic acids is 1. The van der Waals surface area contributed by atoms with Crippen LogP contribution >= 0.6 is 39.0 Å². The maximum Gasteiger partial charge on any atom is 0.347 e. The molecule has 4 rings (SSSR count). The maximum absolute atomic E-state index is 12.9. The molecule has 26 heavy (non-hydrogen) atoms. The Kier molecular flexibility index (Phi) is 4.76. The van der Waals surface area contributed by atoms with Gasteiger partial charge in [-0.25, -0.2) is 9.78 Å². The minimum atomic E-state index is -0.673. The zero-order valence-electron chi connectivity index (χ0n) is 13.5. The summed E-state index contributed by atoms with van der Waals surface area (Å²) >= 11 is 6.50. The van der Waals surface area contributed by atoms with Crippen molar-refractivity contribution in [2.45, 2.75) is 0 Å². The van der Waals surface area contributed by atoms with Crippen molar-refractivity contribution in [1.82, 2.24) is 4.98 Å². The zero-order valence-corrected chi connectivity index (χ0v) is 16.7. The van der Waals surface area contributed by atoms with Gasteiger partial charge in [-0.15, -0.1) is 0 Å². The molecule has 0 unspecified atom stereocenters. The highest BCUT2D eigenvalue weighted by molar-refractivity contribution is 9.10. The predicted octanol–water partition coefficient (Wildman–Crippen LogP) is 3.38. The lowest BCUT2D eigenvalue weighted by Gasteiger charge is -2.25. The van der Waals surface area contributed by atoms with Crippen LogP contribution in [0, 0.1) is 0 Å². The summed E-state index contributed by atoms with van der Waals surface area (Å²) in [6, 6.07) is 6.80. The monoisotopic (exact) mass is 451 g/mol. The van der Waals surface area contributed by atoms with Crippen molar-refractivity contribution in [1.29, 1.82) is 0 Å². The molecule has 0 bridgehead atoms. The third-order valence-electron chi connectivity index (χ3n) is 4.07. The number of thioether (sulfide) groups is 1. The van der Waals surface area contributed by atoms with E-state index in [1.54, 1.807) is 24.3 Å². The molecule has 0 aliphatic carbocycles. The Morgan fingerprint density at radius 2 is 2.04 bits per heavy atom. The van der Waals surface area contributed by atoms with Crippen LogP contribution in [0.1, 0.15) is 15.2 Å². The Bertz CT molecular complexity index is 1060. The summed E-state index contributed by atoms with van der Waals surface area (Å²) in [5.41, 5.74) is 5.70. The Morgan fingerprint density at radius 3 is 2.81 bits per heavy atom. The number of aromatic nitrogens is 1. The molecule has 0 spiro atoms. The van der Waals surface area contributed by atoms with E-state index in [-0.39, 0.29) is 16.3 Å². The number of nitrogen functional groups attached to an aromatic ring is 1. The molecule has 0 amide bonds. The largest absolute Gasteiger partial charge is 0.422 e. The van der Waals surface area contributed by atoms with Crippen LogP contribution in [0.25, 0.3) is 11.0 Å². The Morgan fingerprint density at radius 1 is 1.27 bits per heavy atom. The summed E-state index contributed by atoms with van der Waals surface area (Å²) in [5.74, 6) is 1.74. The third-order valence-corrected chi connectivity index (χ3v) is 6.64. The topological polar surface area (TPSA) is 89.4 Å². The molecule has 0 saturated carbocycles. The van der Waals surface area contributed by atoms with E-state index < -0.39 is 11.4 Å². The first-order chi connectivity index (χ1) is 12.5. The molecule has 1 saturated heterocycles. The number of nitrogens with zero attached hydrogens (tertiary/aromatic N) is 2. The van der Waals surface area contributed by atoms with Gasteiger partial charge in [0.1, 0.15) is 21.8 Å². The molecule has 9 heteroatoms.